The summed E-state index contributed by atoms with van der Waals surface area (Å²) in [6.45, 7) is 6.02. The second-order valence-corrected chi connectivity index (χ2v) is 5.47. The third-order valence-corrected chi connectivity index (χ3v) is 3.43. The first-order chi connectivity index (χ1) is 8.95. The fraction of sp³-hybridized carbons (Fsp3) is 0.533. The zero-order valence-corrected chi connectivity index (χ0v) is 12.7. The highest BCUT2D eigenvalue weighted by Crippen LogP contribution is 2.07. The van der Waals surface area contributed by atoms with Crippen molar-refractivity contribution < 1.29 is 0 Å². The van der Waals surface area contributed by atoms with E-state index in [0.29, 0.717) is 0 Å². The fourth-order valence-corrected chi connectivity index (χ4v) is 1.46. The summed E-state index contributed by atoms with van der Waals surface area (Å²) in [6.07, 6.45) is 0. The first kappa shape index (κ1) is 15.5. The molecule has 1 aromatic rings. The van der Waals surface area contributed by atoms with Gasteiger partial charge < -0.3 is 15.5 Å². The fourth-order valence-electron chi connectivity index (χ4n) is 1.46. The van der Waals surface area contributed by atoms with E-state index in [1.54, 1.807) is 7.05 Å². The Morgan fingerprint density at radius 3 is 2.32 bits per heavy atom. The standard InChI is InChI=1S/C15H26N4/c1-15(2,19(4)5)12-18-14(16-3)17-11-13-9-7-6-8-10-13/h6-10H,11-12H2,1-5H3,(H2,16,17,18). The number of nitrogens with zero attached hydrogens (tertiary/aromatic N) is 2. The van der Waals surface area contributed by atoms with Gasteiger partial charge in [0.2, 0.25) is 0 Å². The van der Waals surface area contributed by atoms with Crippen LogP contribution in [-0.2, 0) is 6.54 Å². The Balaban J connectivity index is 2.43. The van der Waals surface area contributed by atoms with E-state index in [-0.39, 0.29) is 5.54 Å². The SMILES string of the molecule is CN=C(NCc1ccccc1)NCC(C)(C)N(C)C. The van der Waals surface area contributed by atoms with Crippen molar-refractivity contribution in [2.45, 2.75) is 25.9 Å². The Kier molecular flexibility index (Phi) is 5.83. The Morgan fingerprint density at radius 2 is 1.79 bits per heavy atom. The van der Waals surface area contributed by atoms with E-state index in [1.807, 2.05) is 18.2 Å². The molecule has 0 aromatic heterocycles. The molecule has 0 radical (unpaired) electrons. The summed E-state index contributed by atoms with van der Waals surface area (Å²) in [5, 5.41) is 6.68. The maximum atomic E-state index is 4.24. The van der Waals surface area contributed by atoms with Crippen LogP contribution in [0.4, 0.5) is 0 Å². The monoisotopic (exact) mass is 262 g/mol. The summed E-state index contributed by atoms with van der Waals surface area (Å²) in [4.78, 5) is 6.44. The van der Waals surface area contributed by atoms with Crippen molar-refractivity contribution in [1.29, 1.82) is 0 Å². The molecular formula is C15H26N4. The Labute approximate surface area is 116 Å². The smallest absolute Gasteiger partial charge is 0.191 e. The van der Waals surface area contributed by atoms with Crippen molar-refractivity contribution in [2.24, 2.45) is 4.99 Å². The van der Waals surface area contributed by atoms with Gasteiger partial charge in [0.1, 0.15) is 0 Å². The van der Waals surface area contributed by atoms with Gasteiger partial charge in [-0.2, -0.15) is 0 Å². The highest BCUT2D eigenvalue weighted by molar-refractivity contribution is 5.79. The Morgan fingerprint density at radius 1 is 1.16 bits per heavy atom. The van der Waals surface area contributed by atoms with Crippen molar-refractivity contribution in [2.75, 3.05) is 27.7 Å². The molecular weight excluding hydrogens is 236 g/mol. The summed E-state index contributed by atoms with van der Waals surface area (Å²) in [5.74, 6) is 0.832. The molecule has 0 spiro atoms. The molecule has 0 saturated heterocycles. The summed E-state index contributed by atoms with van der Waals surface area (Å²) >= 11 is 0. The molecule has 1 aromatic carbocycles. The molecule has 0 fully saturated rings. The molecule has 0 unspecified atom stereocenters. The summed E-state index contributed by atoms with van der Waals surface area (Å²) in [7, 11) is 5.96. The van der Waals surface area contributed by atoms with Crippen LogP contribution in [0.1, 0.15) is 19.4 Å². The van der Waals surface area contributed by atoms with Crippen LogP contribution < -0.4 is 10.6 Å². The van der Waals surface area contributed by atoms with E-state index in [1.165, 1.54) is 5.56 Å². The van der Waals surface area contributed by atoms with Crippen LogP contribution in [-0.4, -0.2) is 44.1 Å². The lowest BCUT2D eigenvalue weighted by Gasteiger charge is -2.33. The van der Waals surface area contributed by atoms with Gasteiger partial charge in [0, 0.05) is 25.7 Å². The maximum Gasteiger partial charge on any atom is 0.191 e. The second-order valence-electron chi connectivity index (χ2n) is 5.47. The summed E-state index contributed by atoms with van der Waals surface area (Å²) < 4.78 is 0. The third-order valence-electron chi connectivity index (χ3n) is 3.43. The minimum absolute atomic E-state index is 0.0877. The number of aliphatic imine (C=N–C) groups is 1. The normalized spacial score (nSPS) is 12.6. The molecule has 4 nitrogen and oxygen atoms in total. The third kappa shape index (κ3) is 5.30. The van der Waals surface area contributed by atoms with Gasteiger partial charge in [-0.05, 0) is 33.5 Å². The highest BCUT2D eigenvalue weighted by Gasteiger charge is 2.20. The second kappa shape index (κ2) is 7.14. The van der Waals surface area contributed by atoms with E-state index in [4.69, 9.17) is 0 Å². The van der Waals surface area contributed by atoms with Gasteiger partial charge in [0.05, 0.1) is 0 Å². The number of guanidine groups is 1. The van der Waals surface area contributed by atoms with Gasteiger partial charge in [-0.15, -0.1) is 0 Å². The molecule has 4 heteroatoms. The van der Waals surface area contributed by atoms with Crippen LogP contribution in [0.3, 0.4) is 0 Å². The lowest BCUT2D eigenvalue weighted by Crippen LogP contribution is -2.50. The molecule has 0 saturated carbocycles. The van der Waals surface area contributed by atoms with Crippen molar-refractivity contribution in [3.63, 3.8) is 0 Å². The predicted molar refractivity (Wildman–Crippen MR) is 82.4 cm³/mol. The molecule has 0 amide bonds. The predicted octanol–water partition coefficient (Wildman–Crippen LogP) is 1.69. The van der Waals surface area contributed by atoms with Gasteiger partial charge in [-0.3, -0.25) is 4.99 Å². The van der Waals surface area contributed by atoms with Crippen LogP contribution in [0.25, 0.3) is 0 Å². The largest absolute Gasteiger partial charge is 0.355 e. The molecule has 0 aliphatic rings. The minimum Gasteiger partial charge on any atom is -0.355 e. The van der Waals surface area contributed by atoms with Crippen LogP contribution in [0, 0.1) is 0 Å². The Bertz CT molecular complexity index is 396. The van der Waals surface area contributed by atoms with Crippen molar-refractivity contribution in [3.05, 3.63) is 35.9 Å². The quantitative estimate of drug-likeness (QED) is 0.626. The van der Waals surface area contributed by atoms with E-state index in [9.17, 15) is 0 Å². The number of nitrogens with one attached hydrogen (secondary N) is 2. The van der Waals surface area contributed by atoms with E-state index in [0.717, 1.165) is 19.0 Å². The first-order valence-corrected chi connectivity index (χ1v) is 6.61. The van der Waals surface area contributed by atoms with E-state index < -0.39 is 0 Å². The molecule has 2 N–H and O–H groups in total. The lowest BCUT2D eigenvalue weighted by molar-refractivity contribution is 0.197. The molecule has 19 heavy (non-hydrogen) atoms. The van der Waals surface area contributed by atoms with Crippen molar-refractivity contribution in [3.8, 4) is 0 Å². The molecule has 106 valence electrons. The summed E-state index contributed by atoms with van der Waals surface area (Å²) in [5.41, 5.74) is 1.34. The molecule has 0 bridgehead atoms. The number of likely N-dealkylation sites (N-methyl/N-ethyl adjacent to an activating group) is 1. The van der Waals surface area contributed by atoms with Crippen LogP contribution in [0.15, 0.2) is 35.3 Å². The van der Waals surface area contributed by atoms with Gasteiger partial charge in [0.15, 0.2) is 5.96 Å². The average Bonchev–Trinajstić information content (AvgIpc) is 2.40. The van der Waals surface area contributed by atoms with Crippen LogP contribution in [0.2, 0.25) is 0 Å². The molecule has 0 aliphatic carbocycles. The number of hydrogen-bond donors (Lipinski definition) is 2. The molecule has 1 rings (SSSR count). The molecule has 0 atom stereocenters. The summed E-state index contributed by atoms with van der Waals surface area (Å²) in [6, 6.07) is 10.3. The van der Waals surface area contributed by atoms with Gasteiger partial charge in [-0.1, -0.05) is 30.3 Å². The van der Waals surface area contributed by atoms with E-state index >= 15 is 0 Å². The van der Waals surface area contributed by atoms with Crippen molar-refractivity contribution >= 4 is 5.96 Å². The number of hydrogen-bond acceptors (Lipinski definition) is 2. The topological polar surface area (TPSA) is 39.7 Å². The minimum atomic E-state index is 0.0877. The molecule has 0 heterocycles. The average molecular weight is 262 g/mol. The number of rotatable bonds is 5. The zero-order chi connectivity index (χ0) is 14.3. The lowest BCUT2D eigenvalue weighted by atomic mass is 10.0. The van der Waals surface area contributed by atoms with Crippen LogP contribution >= 0.6 is 0 Å². The van der Waals surface area contributed by atoms with Gasteiger partial charge >= 0.3 is 0 Å². The maximum absolute atomic E-state index is 4.24. The first-order valence-electron chi connectivity index (χ1n) is 6.61. The zero-order valence-electron chi connectivity index (χ0n) is 12.7. The molecule has 0 aliphatic heterocycles. The van der Waals surface area contributed by atoms with Gasteiger partial charge in [-0.25, -0.2) is 0 Å². The van der Waals surface area contributed by atoms with Crippen LogP contribution in [0.5, 0.6) is 0 Å². The highest BCUT2D eigenvalue weighted by atomic mass is 15.2. The van der Waals surface area contributed by atoms with Crippen molar-refractivity contribution in [1.82, 2.24) is 15.5 Å². The number of benzene rings is 1. The Hall–Kier alpha value is -1.55. The van der Waals surface area contributed by atoms with Gasteiger partial charge in [0.25, 0.3) is 0 Å². The van der Waals surface area contributed by atoms with E-state index in [2.05, 4.69) is 60.6 Å².